The molecule has 1 aromatic heterocycles. The fraction of sp³-hybridized carbons (Fsp3) is 0.417. The van der Waals surface area contributed by atoms with Crippen LogP contribution < -0.4 is 9.47 Å². The highest BCUT2D eigenvalue weighted by Gasteiger charge is 2.38. The third-order valence-corrected chi connectivity index (χ3v) is 5.83. The quantitative estimate of drug-likeness (QED) is 0.685. The highest BCUT2D eigenvalue weighted by atomic mass is 16.5. The van der Waals surface area contributed by atoms with Gasteiger partial charge in [-0.15, -0.1) is 0 Å². The number of aromatic nitrogens is 1. The number of hydrogen-bond donors (Lipinski definition) is 0. The van der Waals surface area contributed by atoms with Crippen molar-refractivity contribution in [3.63, 3.8) is 0 Å². The van der Waals surface area contributed by atoms with E-state index in [4.69, 9.17) is 24.5 Å². The highest BCUT2D eigenvalue weighted by molar-refractivity contribution is 6.14. The first-order chi connectivity index (χ1) is 15.0. The van der Waals surface area contributed by atoms with E-state index >= 15 is 0 Å². The minimum atomic E-state index is -0.253. The molecule has 3 atom stereocenters. The van der Waals surface area contributed by atoms with Crippen LogP contribution in [0, 0.1) is 11.3 Å². The van der Waals surface area contributed by atoms with Crippen molar-refractivity contribution in [1.82, 2.24) is 4.98 Å². The van der Waals surface area contributed by atoms with Crippen LogP contribution in [0.3, 0.4) is 0 Å². The molecule has 4 rings (SSSR count). The Balaban J connectivity index is 1.82. The Morgan fingerprint density at radius 1 is 1.26 bits per heavy atom. The third-order valence-electron chi connectivity index (χ3n) is 5.83. The fourth-order valence-electron chi connectivity index (χ4n) is 4.53. The first kappa shape index (κ1) is 20.9. The summed E-state index contributed by atoms with van der Waals surface area (Å²) in [5.41, 5.74) is 4.12. The SMILES string of the molecule is CCOc1cc2c(cc1OC)C(c1ccc(C#N)nc1)=N[C@@H]1CC[C@@H](OC(C)=O)C[C@H]21. The summed E-state index contributed by atoms with van der Waals surface area (Å²) in [4.78, 5) is 20.8. The second-order valence-corrected chi connectivity index (χ2v) is 7.76. The number of carbonyl (C=O) groups is 1. The molecule has 0 radical (unpaired) electrons. The first-order valence-corrected chi connectivity index (χ1v) is 10.5. The summed E-state index contributed by atoms with van der Waals surface area (Å²) < 4.78 is 17.0. The molecular formula is C24H25N3O4. The number of nitrogens with zero attached hydrogens (tertiary/aromatic N) is 3. The predicted molar refractivity (Wildman–Crippen MR) is 115 cm³/mol. The number of nitriles is 1. The van der Waals surface area contributed by atoms with E-state index in [9.17, 15) is 4.79 Å². The van der Waals surface area contributed by atoms with E-state index < -0.39 is 0 Å². The Labute approximate surface area is 181 Å². The van der Waals surface area contributed by atoms with Gasteiger partial charge in [-0.1, -0.05) is 0 Å². The zero-order valence-corrected chi connectivity index (χ0v) is 17.9. The smallest absolute Gasteiger partial charge is 0.302 e. The maximum atomic E-state index is 11.5. The van der Waals surface area contributed by atoms with Gasteiger partial charge >= 0.3 is 5.97 Å². The lowest BCUT2D eigenvalue weighted by Gasteiger charge is -2.38. The zero-order chi connectivity index (χ0) is 22.0. The van der Waals surface area contributed by atoms with Crippen molar-refractivity contribution in [1.29, 1.82) is 5.26 Å². The molecule has 7 heteroatoms. The molecule has 1 aliphatic heterocycles. The number of carbonyl (C=O) groups excluding carboxylic acids is 1. The molecule has 7 nitrogen and oxygen atoms in total. The number of benzene rings is 1. The van der Waals surface area contributed by atoms with E-state index in [1.165, 1.54) is 6.92 Å². The van der Waals surface area contributed by atoms with Crippen LogP contribution in [-0.4, -0.2) is 42.5 Å². The number of pyridine rings is 1. The van der Waals surface area contributed by atoms with Crippen LogP contribution in [0.5, 0.6) is 11.5 Å². The summed E-state index contributed by atoms with van der Waals surface area (Å²) in [7, 11) is 1.62. The second-order valence-electron chi connectivity index (χ2n) is 7.76. The van der Waals surface area contributed by atoms with Gasteiger partial charge in [0.25, 0.3) is 0 Å². The van der Waals surface area contributed by atoms with Gasteiger partial charge in [0.05, 0.1) is 25.5 Å². The average molecular weight is 419 g/mol. The van der Waals surface area contributed by atoms with Gasteiger partial charge in [0.15, 0.2) is 11.5 Å². The lowest BCUT2D eigenvalue weighted by atomic mass is 9.74. The number of ether oxygens (including phenoxy) is 3. The van der Waals surface area contributed by atoms with Crippen LogP contribution in [0.15, 0.2) is 35.5 Å². The molecular weight excluding hydrogens is 394 g/mol. The standard InChI is InChI=1S/C24H25N3O4/c1-4-30-23-10-18-19-9-17(31-14(2)28)7-8-21(19)27-24(20(18)11-22(23)29-3)15-5-6-16(12-25)26-13-15/h5-6,10-11,13,17,19,21H,4,7-9H2,1-3H3/t17-,19-,21-/m1/s1. The molecule has 0 unspecified atom stereocenters. The van der Waals surface area contributed by atoms with Crippen molar-refractivity contribution in [3.05, 3.63) is 52.8 Å². The summed E-state index contributed by atoms with van der Waals surface area (Å²) in [6.07, 6.45) is 3.91. The van der Waals surface area contributed by atoms with Crippen molar-refractivity contribution in [3.8, 4) is 17.6 Å². The molecule has 0 saturated heterocycles. The number of hydrogen-bond acceptors (Lipinski definition) is 7. The van der Waals surface area contributed by atoms with E-state index in [-0.39, 0.29) is 24.0 Å². The Morgan fingerprint density at radius 2 is 2.10 bits per heavy atom. The number of fused-ring (bicyclic) bond motifs is 3. The van der Waals surface area contributed by atoms with Crippen molar-refractivity contribution < 1.29 is 19.0 Å². The topological polar surface area (TPSA) is 93.8 Å². The van der Waals surface area contributed by atoms with Gasteiger partial charge in [-0.2, -0.15) is 5.26 Å². The molecule has 1 saturated carbocycles. The molecule has 1 aromatic carbocycles. The van der Waals surface area contributed by atoms with Crippen LogP contribution in [0.1, 0.15) is 61.4 Å². The zero-order valence-electron chi connectivity index (χ0n) is 17.9. The predicted octanol–water partition coefficient (Wildman–Crippen LogP) is 3.78. The molecule has 1 fully saturated rings. The van der Waals surface area contributed by atoms with Crippen molar-refractivity contribution in [2.45, 2.75) is 51.2 Å². The second kappa shape index (κ2) is 8.76. The summed E-state index contributed by atoms with van der Waals surface area (Å²) >= 11 is 0. The minimum Gasteiger partial charge on any atom is -0.493 e. The Bertz CT molecular complexity index is 1060. The largest absolute Gasteiger partial charge is 0.493 e. The summed E-state index contributed by atoms with van der Waals surface area (Å²) in [5.74, 6) is 1.20. The van der Waals surface area contributed by atoms with E-state index in [1.807, 2.05) is 25.1 Å². The van der Waals surface area contributed by atoms with Crippen LogP contribution in [0.25, 0.3) is 0 Å². The fourth-order valence-corrected chi connectivity index (χ4v) is 4.53. The van der Waals surface area contributed by atoms with Gasteiger partial charge < -0.3 is 14.2 Å². The minimum absolute atomic E-state index is 0.0767. The van der Waals surface area contributed by atoms with Gasteiger partial charge in [0.1, 0.15) is 17.9 Å². The van der Waals surface area contributed by atoms with Gasteiger partial charge in [-0.25, -0.2) is 4.98 Å². The van der Waals surface area contributed by atoms with Crippen LogP contribution in [0.4, 0.5) is 0 Å². The van der Waals surface area contributed by atoms with Crippen molar-refractivity contribution >= 4 is 11.7 Å². The van der Waals surface area contributed by atoms with Crippen LogP contribution >= 0.6 is 0 Å². The van der Waals surface area contributed by atoms with Gasteiger partial charge in [-0.05, 0) is 56.0 Å². The normalized spacial score (nSPS) is 21.7. The van der Waals surface area contributed by atoms with E-state index in [1.54, 1.807) is 19.4 Å². The maximum absolute atomic E-state index is 11.5. The number of esters is 1. The summed E-state index contributed by atoms with van der Waals surface area (Å²) in [5, 5.41) is 9.08. The lowest BCUT2D eigenvalue weighted by Crippen LogP contribution is -2.36. The Kier molecular flexibility index (Phi) is 5.90. The summed E-state index contributed by atoms with van der Waals surface area (Å²) in [6, 6.07) is 9.71. The maximum Gasteiger partial charge on any atom is 0.302 e. The molecule has 2 aliphatic rings. The Hall–Kier alpha value is -3.40. The van der Waals surface area contributed by atoms with Crippen LogP contribution in [-0.2, 0) is 9.53 Å². The lowest BCUT2D eigenvalue weighted by molar-refractivity contribution is -0.148. The molecule has 0 amide bonds. The molecule has 2 heterocycles. The third kappa shape index (κ3) is 4.11. The monoisotopic (exact) mass is 419 g/mol. The molecule has 31 heavy (non-hydrogen) atoms. The van der Waals surface area contributed by atoms with Gasteiger partial charge in [0.2, 0.25) is 0 Å². The number of methoxy groups -OCH3 is 1. The number of aliphatic imine (C=N–C) groups is 1. The van der Waals surface area contributed by atoms with E-state index in [2.05, 4.69) is 11.1 Å². The van der Waals surface area contributed by atoms with Crippen molar-refractivity contribution in [2.75, 3.05) is 13.7 Å². The molecule has 0 spiro atoms. The molecule has 1 aliphatic carbocycles. The van der Waals surface area contributed by atoms with Crippen molar-refractivity contribution in [2.24, 2.45) is 4.99 Å². The molecule has 2 aromatic rings. The van der Waals surface area contributed by atoms with E-state index in [0.29, 0.717) is 23.8 Å². The molecule has 160 valence electrons. The average Bonchev–Trinajstić information content (AvgIpc) is 2.78. The molecule has 0 bridgehead atoms. The van der Waals surface area contributed by atoms with Gasteiger partial charge in [-0.3, -0.25) is 9.79 Å². The van der Waals surface area contributed by atoms with Crippen LogP contribution in [0.2, 0.25) is 0 Å². The summed E-state index contributed by atoms with van der Waals surface area (Å²) in [6.45, 7) is 3.92. The first-order valence-electron chi connectivity index (χ1n) is 10.5. The highest BCUT2D eigenvalue weighted by Crippen LogP contribution is 2.45. The van der Waals surface area contributed by atoms with Gasteiger partial charge in [0, 0.05) is 30.2 Å². The Morgan fingerprint density at radius 3 is 2.74 bits per heavy atom. The number of rotatable bonds is 5. The molecule has 0 N–H and O–H groups in total. The van der Waals surface area contributed by atoms with E-state index in [0.717, 1.165) is 41.7 Å².